The van der Waals surface area contributed by atoms with Crippen molar-refractivity contribution in [3.05, 3.63) is 72.7 Å². The first kappa shape index (κ1) is 20.1. The van der Waals surface area contributed by atoms with E-state index in [1.165, 1.54) is 0 Å². The molecule has 2 aromatic carbocycles. The van der Waals surface area contributed by atoms with Crippen molar-refractivity contribution in [1.29, 1.82) is 0 Å². The lowest BCUT2D eigenvalue weighted by atomic mass is 10.00. The number of hydrogen-bond acceptors (Lipinski definition) is 3. The first-order valence-electron chi connectivity index (χ1n) is 10.4. The third-order valence-electron chi connectivity index (χ3n) is 5.50. The summed E-state index contributed by atoms with van der Waals surface area (Å²) in [6.07, 6.45) is 3.96. The molecule has 0 spiro atoms. The van der Waals surface area contributed by atoms with Crippen LogP contribution in [0.2, 0.25) is 0 Å². The van der Waals surface area contributed by atoms with Crippen molar-refractivity contribution in [3.8, 4) is 28.1 Å². The highest BCUT2D eigenvalue weighted by atomic mass is 19.1. The molecule has 0 unspecified atom stereocenters. The van der Waals surface area contributed by atoms with E-state index in [0.717, 1.165) is 37.2 Å². The number of nitrogens with zero attached hydrogens (tertiary/aromatic N) is 2. The quantitative estimate of drug-likeness (QED) is 0.577. The zero-order valence-corrected chi connectivity index (χ0v) is 17.1. The number of benzene rings is 2. The van der Waals surface area contributed by atoms with Crippen molar-refractivity contribution < 1.29 is 13.9 Å². The van der Waals surface area contributed by atoms with Crippen LogP contribution in [0.1, 0.15) is 26.2 Å². The molecular formula is C25H25FN2O2. The van der Waals surface area contributed by atoms with E-state index in [4.69, 9.17) is 4.74 Å². The number of carbonyl (C=O) groups is 1. The Kier molecular flexibility index (Phi) is 6.07. The van der Waals surface area contributed by atoms with Gasteiger partial charge in [-0.05, 0) is 35.9 Å². The first-order chi connectivity index (χ1) is 14.7. The fourth-order valence-electron chi connectivity index (χ4n) is 3.83. The maximum Gasteiger partial charge on any atom is 0.222 e. The fraction of sp³-hybridized carbons (Fsp3) is 0.280. The van der Waals surface area contributed by atoms with Gasteiger partial charge in [-0.25, -0.2) is 4.39 Å². The molecule has 1 aliphatic rings. The number of halogens is 1. The van der Waals surface area contributed by atoms with Crippen molar-refractivity contribution in [2.24, 2.45) is 0 Å². The molecule has 30 heavy (non-hydrogen) atoms. The van der Waals surface area contributed by atoms with E-state index < -0.39 is 0 Å². The summed E-state index contributed by atoms with van der Waals surface area (Å²) in [6.45, 7) is 3.36. The van der Waals surface area contributed by atoms with E-state index in [9.17, 15) is 4.79 Å². The Labute approximate surface area is 176 Å². The Morgan fingerprint density at radius 3 is 2.43 bits per heavy atom. The van der Waals surface area contributed by atoms with Gasteiger partial charge >= 0.3 is 0 Å². The average molecular weight is 404 g/mol. The number of carbonyl (C=O) groups excluding carboxylic acids is 1. The van der Waals surface area contributed by atoms with Gasteiger partial charge in [-0.1, -0.05) is 37.3 Å². The molecule has 3 aromatic rings. The zero-order chi connectivity index (χ0) is 20.9. The maximum absolute atomic E-state index is 15.1. The van der Waals surface area contributed by atoms with Gasteiger partial charge in [-0.3, -0.25) is 9.78 Å². The molecule has 1 aromatic heterocycles. The SMILES string of the molecule is CCC(=O)N1CCC(Oc2ccc(-c3cccc(-c4ccccn4)c3F)cc2)CC1. The van der Waals surface area contributed by atoms with Gasteiger partial charge in [-0.15, -0.1) is 0 Å². The second-order valence-corrected chi connectivity index (χ2v) is 7.46. The van der Waals surface area contributed by atoms with Gasteiger partial charge in [0.2, 0.25) is 5.91 Å². The van der Waals surface area contributed by atoms with E-state index in [1.54, 1.807) is 24.4 Å². The molecule has 154 valence electrons. The molecule has 2 heterocycles. The molecule has 1 saturated heterocycles. The molecule has 0 atom stereocenters. The van der Waals surface area contributed by atoms with Gasteiger partial charge in [-0.2, -0.15) is 0 Å². The largest absolute Gasteiger partial charge is 0.490 e. The molecule has 0 N–H and O–H groups in total. The fourth-order valence-corrected chi connectivity index (χ4v) is 3.83. The minimum atomic E-state index is -0.280. The highest BCUT2D eigenvalue weighted by Crippen LogP contribution is 2.31. The monoisotopic (exact) mass is 404 g/mol. The molecule has 1 fully saturated rings. The molecule has 0 bridgehead atoms. The van der Waals surface area contributed by atoms with Gasteiger partial charge in [0, 0.05) is 49.7 Å². The second-order valence-electron chi connectivity index (χ2n) is 7.46. The van der Waals surface area contributed by atoms with Crippen molar-refractivity contribution >= 4 is 5.91 Å². The maximum atomic E-state index is 15.1. The summed E-state index contributed by atoms with van der Waals surface area (Å²) >= 11 is 0. The summed E-state index contributed by atoms with van der Waals surface area (Å²) in [6, 6.07) is 18.4. The summed E-state index contributed by atoms with van der Waals surface area (Å²) < 4.78 is 21.2. The Balaban J connectivity index is 1.45. The van der Waals surface area contributed by atoms with Crippen molar-refractivity contribution in [2.45, 2.75) is 32.3 Å². The van der Waals surface area contributed by atoms with Crippen molar-refractivity contribution in [2.75, 3.05) is 13.1 Å². The van der Waals surface area contributed by atoms with Gasteiger partial charge in [0.05, 0.1) is 5.69 Å². The predicted octanol–water partition coefficient (Wildman–Crippen LogP) is 5.33. The van der Waals surface area contributed by atoms with E-state index in [1.807, 2.05) is 54.3 Å². The summed E-state index contributed by atoms with van der Waals surface area (Å²) in [7, 11) is 0. The third-order valence-corrected chi connectivity index (χ3v) is 5.50. The second kappa shape index (κ2) is 9.08. The minimum Gasteiger partial charge on any atom is -0.490 e. The van der Waals surface area contributed by atoms with Crippen molar-refractivity contribution in [3.63, 3.8) is 0 Å². The lowest BCUT2D eigenvalue weighted by Gasteiger charge is -2.32. The molecular weight excluding hydrogens is 379 g/mol. The van der Waals surface area contributed by atoms with Gasteiger partial charge in [0.1, 0.15) is 17.7 Å². The van der Waals surface area contributed by atoms with Crippen LogP contribution in [0.3, 0.4) is 0 Å². The predicted molar refractivity (Wildman–Crippen MR) is 116 cm³/mol. The Morgan fingerprint density at radius 1 is 1.03 bits per heavy atom. The van der Waals surface area contributed by atoms with Crippen molar-refractivity contribution in [1.82, 2.24) is 9.88 Å². The van der Waals surface area contributed by atoms with Crippen LogP contribution in [0.25, 0.3) is 22.4 Å². The average Bonchev–Trinajstić information content (AvgIpc) is 2.80. The number of piperidine rings is 1. The highest BCUT2D eigenvalue weighted by molar-refractivity contribution is 5.76. The summed E-state index contributed by atoms with van der Waals surface area (Å²) in [4.78, 5) is 18.0. The van der Waals surface area contributed by atoms with Gasteiger partial charge in [0.25, 0.3) is 0 Å². The number of amides is 1. The zero-order valence-electron chi connectivity index (χ0n) is 17.1. The Morgan fingerprint density at radius 2 is 1.77 bits per heavy atom. The number of ether oxygens (including phenoxy) is 1. The van der Waals surface area contributed by atoms with Crippen LogP contribution in [0, 0.1) is 5.82 Å². The van der Waals surface area contributed by atoms with Crippen LogP contribution in [0.5, 0.6) is 5.75 Å². The molecule has 1 aliphatic heterocycles. The molecule has 1 amide bonds. The normalized spacial score (nSPS) is 14.5. The Bertz CT molecular complexity index is 997. The number of hydrogen-bond donors (Lipinski definition) is 0. The van der Waals surface area contributed by atoms with E-state index in [-0.39, 0.29) is 17.8 Å². The lowest BCUT2D eigenvalue weighted by Crippen LogP contribution is -2.41. The van der Waals surface area contributed by atoms with E-state index in [2.05, 4.69) is 4.98 Å². The van der Waals surface area contributed by atoms with Crippen LogP contribution >= 0.6 is 0 Å². The standard InChI is InChI=1S/C25H25FN2O2/c1-2-24(29)28-16-13-20(14-17-28)30-19-11-9-18(10-12-19)21-6-5-7-22(25(21)26)23-8-3-4-15-27-23/h3-12,15,20H,2,13-14,16-17H2,1H3. The van der Waals surface area contributed by atoms with Crippen LogP contribution in [-0.2, 0) is 4.79 Å². The Hall–Kier alpha value is -3.21. The summed E-state index contributed by atoms with van der Waals surface area (Å²) in [5.74, 6) is 0.686. The van der Waals surface area contributed by atoms with Crippen LogP contribution in [-0.4, -0.2) is 35.0 Å². The lowest BCUT2D eigenvalue weighted by molar-refractivity contribution is -0.132. The molecule has 4 nitrogen and oxygen atoms in total. The summed E-state index contributed by atoms with van der Waals surface area (Å²) in [5.41, 5.74) is 2.43. The first-order valence-corrected chi connectivity index (χ1v) is 10.4. The highest BCUT2D eigenvalue weighted by Gasteiger charge is 2.23. The third kappa shape index (κ3) is 4.35. The number of likely N-dealkylation sites (tertiary alicyclic amines) is 1. The topological polar surface area (TPSA) is 42.4 Å². The molecule has 0 radical (unpaired) electrons. The van der Waals surface area contributed by atoms with Gasteiger partial charge < -0.3 is 9.64 Å². The van der Waals surface area contributed by atoms with E-state index >= 15 is 4.39 Å². The van der Waals surface area contributed by atoms with Gasteiger partial charge in [0.15, 0.2) is 0 Å². The van der Waals surface area contributed by atoms with Crippen LogP contribution in [0.15, 0.2) is 66.9 Å². The summed E-state index contributed by atoms with van der Waals surface area (Å²) in [5, 5.41) is 0. The minimum absolute atomic E-state index is 0.0981. The number of pyridine rings is 1. The molecule has 5 heteroatoms. The van der Waals surface area contributed by atoms with Crippen LogP contribution < -0.4 is 4.74 Å². The number of aromatic nitrogens is 1. The molecule has 4 rings (SSSR count). The smallest absolute Gasteiger partial charge is 0.222 e. The number of rotatable bonds is 5. The molecule has 0 saturated carbocycles. The van der Waals surface area contributed by atoms with Crippen LogP contribution in [0.4, 0.5) is 4.39 Å². The van der Waals surface area contributed by atoms with E-state index in [0.29, 0.717) is 23.2 Å². The molecule has 0 aliphatic carbocycles.